The lowest BCUT2D eigenvalue weighted by Gasteiger charge is -2.06. The Bertz CT molecular complexity index is 525. The van der Waals surface area contributed by atoms with Crippen LogP contribution >= 0.6 is 39.9 Å². The van der Waals surface area contributed by atoms with E-state index in [1.165, 1.54) is 0 Å². The van der Waals surface area contributed by atoms with Crippen molar-refractivity contribution in [1.29, 1.82) is 0 Å². The third-order valence-electron chi connectivity index (χ3n) is 2.21. The zero-order valence-corrected chi connectivity index (χ0v) is 12.1. The number of carbonyl (C=O) groups is 1. The molecule has 0 aliphatic heterocycles. The fraction of sp³-hybridized carbons (Fsp3) is 0.0833. The fourth-order valence-corrected chi connectivity index (χ4v) is 2.87. The van der Waals surface area contributed by atoms with E-state index in [0.29, 0.717) is 17.0 Å². The maximum absolute atomic E-state index is 11.9. The molecule has 0 radical (unpaired) electrons. The Balaban J connectivity index is 2.04. The third kappa shape index (κ3) is 3.34. The number of amides is 1. The summed E-state index contributed by atoms with van der Waals surface area (Å²) >= 11 is 9.25. The van der Waals surface area contributed by atoms with Crippen molar-refractivity contribution in [1.82, 2.24) is 5.32 Å². The molecule has 88 valence electrons. The number of halogens is 1. The van der Waals surface area contributed by atoms with Crippen LogP contribution in [0.1, 0.15) is 15.2 Å². The van der Waals surface area contributed by atoms with Crippen LogP contribution in [0.3, 0.4) is 0 Å². The smallest absolute Gasteiger partial charge is 0.252 e. The van der Waals surface area contributed by atoms with Crippen molar-refractivity contribution in [3.63, 3.8) is 0 Å². The molecule has 2 nitrogen and oxygen atoms in total. The van der Waals surface area contributed by atoms with Gasteiger partial charge in [-0.25, -0.2) is 0 Å². The minimum absolute atomic E-state index is 0.101. The maximum Gasteiger partial charge on any atom is 0.252 e. The summed E-state index contributed by atoms with van der Waals surface area (Å²) in [5.74, 6) is -0.101. The molecule has 17 heavy (non-hydrogen) atoms. The number of thiol groups is 1. The molecule has 5 heteroatoms. The van der Waals surface area contributed by atoms with Crippen molar-refractivity contribution in [2.45, 2.75) is 11.4 Å². The maximum atomic E-state index is 11.9. The molecule has 1 aromatic carbocycles. The number of benzene rings is 1. The van der Waals surface area contributed by atoms with Gasteiger partial charge in [0.15, 0.2) is 0 Å². The van der Waals surface area contributed by atoms with E-state index in [2.05, 4.69) is 33.9 Å². The molecule has 0 spiro atoms. The Hall–Kier alpha value is -0.780. The van der Waals surface area contributed by atoms with Gasteiger partial charge in [0, 0.05) is 14.2 Å². The Morgan fingerprint density at radius 2 is 2.24 bits per heavy atom. The third-order valence-corrected chi connectivity index (χ3v) is 3.95. The minimum atomic E-state index is -0.101. The van der Waals surface area contributed by atoms with E-state index in [-0.39, 0.29) is 5.91 Å². The molecule has 0 saturated heterocycles. The number of carbonyl (C=O) groups excluding carboxylic acids is 1. The van der Waals surface area contributed by atoms with Gasteiger partial charge in [-0.15, -0.1) is 24.0 Å². The van der Waals surface area contributed by atoms with Crippen molar-refractivity contribution in [3.8, 4) is 0 Å². The molecular weight excluding hydrogens is 318 g/mol. The molecule has 0 bridgehead atoms. The van der Waals surface area contributed by atoms with Crippen molar-refractivity contribution < 1.29 is 4.79 Å². The van der Waals surface area contributed by atoms with E-state index in [0.717, 1.165) is 9.35 Å². The first-order valence-electron chi connectivity index (χ1n) is 4.96. The van der Waals surface area contributed by atoms with Gasteiger partial charge in [0.05, 0.1) is 12.1 Å². The van der Waals surface area contributed by atoms with Crippen LogP contribution in [0.25, 0.3) is 0 Å². The van der Waals surface area contributed by atoms with Crippen LogP contribution in [-0.2, 0) is 6.54 Å². The van der Waals surface area contributed by atoms with Gasteiger partial charge in [-0.1, -0.05) is 22.0 Å². The van der Waals surface area contributed by atoms with Gasteiger partial charge in [-0.3, -0.25) is 4.79 Å². The van der Waals surface area contributed by atoms with Crippen LogP contribution in [0.2, 0.25) is 0 Å². The van der Waals surface area contributed by atoms with Crippen LogP contribution in [-0.4, -0.2) is 5.91 Å². The topological polar surface area (TPSA) is 29.1 Å². The molecule has 0 fully saturated rings. The number of hydrogen-bond donors (Lipinski definition) is 2. The summed E-state index contributed by atoms with van der Waals surface area (Å²) in [6.07, 6.45) is 0. The minimum Gasteiger partial charge on any atom is -0.347 e. The van der Waals surface area contributed by atoms with Gasteiger partial charge in [-0.05, 0) is 29.6 Å². The average molecular weight is 328 g/mol. The molecule has 2 rings (SSSR count). The van der Waals surface area contributed by atoms with E-state index < -0.39 is 0 Å². The highest BCUT2D eigenvalue weighted by Gasteiger charge is 2.09. The summed E-state index contributed by atoms with van der Waals surface area (Å²) in [7, 11) is 0. The first-order valence-corrected chi connectivity index (χ1v) is 7.08. The van der Waals surface area contributed by atoms with E-state index in [4.69, 9.17) is 0 Å². The number of rotatable bonds is 3. The molecule has 0 aliphatic carbocycles. The highest BCUT2D eigenvalue weighted by atomic mass is 79.9. The summed E-state index contributed by atoms with van der Waals surface area (Å²) in [5, 5.41) is 4.86. The monoisotopic (exact) mass is 327 g/mol. The van der Waals surface area contributed by atoms with Crippen molar-refractivity contribution in [2.24, 2.45) is 0 Å². The zero-order valence-electron chi connectivity index (χ0n) is 8.81. The SMILES string of the molecule is O=C(NCc1cccs1)c1ccc(Br)cc1S. The number of hydrogen-bond acceptors (Lipinski definition) is 3. The van der Waals surface area contributed by atoms with Crippen molar-refractivity contribution in [3.05, 3.63) is 50.6 Å². The Morgan fingerprint density at radius 1 is 1.41 bits per heavy atom. The summed E-state index contributed by atoms with van der Waals surface area (Å²) in [6.45, 7) is 0.555. The van der Waals surface area contributed by atoms with Gasteiger partial charge in [0.1, 0.15) is 0 Å². The van der Waals surface area contributed by atoms with Gasteiger partial charge in [0.2, 0.25) is 0 Å². The zero-order chi connectivity index (χ0) is 12.3. The molecule has 1 heterocycles. The first-order chi connectivity index (χ1) is 8.16. The highest BCUT2D eigenvalue weighted by molar-refractivity contribution is 9.10. The van der Waals surface area contributed by atoms with Gasteiger partial charge in [-0.2, -0.15) is 0 Å². The van der Waals surface area contributed by atoms with Crippen molar-refractivity contribution >= 4 is 45.8 Å². The Morgan fingerprint density at radius 3 is 2.88 bits per heavy atom. The molecule has 0 atom stereocenters. The normalized spacial score (nSPS) is 10.2. The number of nitrogens with one attached hydrogen (secondary N) is 1. The van der Waals surface area contributed by atoms with Crippen LogP contribution < -0.4 is 5.32 Å². The second kappa shape index (κ2) is 5.71. The molecule has 0 aliphatic rings. The number of thiophene rings is 1. The molecule has 1 amide bonds. The van der Waals surface area contributed by atoms with Gasteiger partial charge >= 0.3 is 0 Å². The first kappa shape index (κ1) is 12.7. The molecule has 0 saturated carbocycles. The molecule has 2 aromatic rings. The molecule has 1 aromatic heterocycles. The molecule has 0 unspecified atom stereocenters. The van der Waals surface area contributed by atoms with E-state index in [9.17, 15) is 4.79 Å². The lowest BCUT2D eigenvalue weighted by molar-refractivity contribution is 0.0948. The van der Waals surface area contributed by atoms with Crippen molar-refractivity contribution in [2.75, 3.05) is 0 Å². The van der Waals surface area contributed by atoms with Crippen LogP contribution in [0, 0.1) is 0 Å². The van der Waals surface area contributed by atoms with Crippen LogP contribution in [0.4, 0.5) is 0 Å². The Labute approximate surface area is 118 Å². The summed E-state index contributed by atoms with van der Waals surface area (Å²) in [6, 6.07) is 9.36. The largest absolute Gasteiger partial charge is 0.347 e. The predicted molar refractivity (Wildman–Crippen MR) is 76.9 cm³/mol. The van der Waals surface area contributed by atoms with Gasteiger partial charge in [0.25, 0.3) is 5.91 Å². The summed E-state index contributed by atoms with van der Waals surface area (Å²) in [5.41, 5.74) is 0.591. The summed E-state index contributed by atoms with van der Waals surface area (Å²) < 4.78 is 0.914. The quantitative estimate of drug-likeness (QED) is 0.826. The lowest BCUT2D eigenvalue weighted by Crippen LogP contribution is -2.22. The van der Waals surface area contributed by atoms with E-state index >= 15 is 0 Å². The van der Waals surface area contributed by atoms with Crippen LogP contribution in [0.5, 0.6) is 0 Å². The standard InChI is InChI=1S/C12H10BrNOS2/c13-8-3-4-10(11(16)6-8)12(15)14-7-9-2-1-5-17-9/h1-6,16H,7H2,(H,14,15). The second-order valence-electron chi connectivity index (χ2n) is 3.42. The van der Waals surface area contributed by atoms with E-state index in [1.54, 1.807) is 17.4 Å². The highest BCUT2D eigenvalue weighted by Crippen LogP contribution is 2.20. The fourth-order valence-electron chi connectivity index (χ4n) is 1.37. The lowest BCUT2D eigenvalue weighted by atomic mass is 10.2. The van der Waals surface area contributed by atoms with Gasteiger partial charge < -0.3 is 5.32 Å². The average Bonchev–Trinajstić information content (AvgIpc) is 2.78. The van der Waals surface area contributed by atoms with Crippen LogP contribution in [0.15, 0.2) is 45.1 Å². The molecule has 1 N–H and O–H groups in total. The summed E-state index contributed by atoms with van der Waals surface area (Å²) in [4.78, 5) is 13.7. The second-order valence-corrected chi connectivity index (χ2v) is 5.85. The molecular formula is C12H10BrNOS2. The van der Waals surface area contributed by atoms with E-state index in [1.807, 2.05) is 29.6 Å². The predicted octanol–water partition coefficient (Wildman–Crippen LogP) is 3.73. The Kier molecular flexibility index (Phi) is 4.25.